The van der Waals surface area contributed by atoms with E-state index in [1.54, 1.807) is 13.3 Å². The summed E-state index contributed by atoms with van der Waals surface area (Å²) in [4.78, 5) is 22.3. The lowest BCUT2D eigenvalue weighted by molar-refractivity contribution is 0.0383. The number of pyridine rings is 1. The number of amides is 1. The van der Waals surface area contributed by atoms with E-state index in [0.29, 0.717) is 35.3 Å². The number of methoxy groups -OCH3 is 1. The molecular weight excluding hydrogens is 440 g/mol. The van der Waals surface area contributed by atoms with Crippen molar-refractivity contribution in [2.45, 2.75) is 6.54 Å². The van der Waals surface area contributed by atoms with Crippen LogP contribution in [-0.2, 0) is 11.3 Å². The lowest BCUT2D eigenvalue weighted by Gasteiger charge is -2.26. The summed E-state index contributed by atoms with van der Waals surface area (Å²) in [6, 6.07) is 13.6. The van der Waals surface area contributed by atoms with Crippen LogP contribution in [0.4, 0.5) is 10.7 Å². The van der Waals surface area contributed by atoms with E-state index in [-0.39, 0.29) is 5.91 Å². The summed E-state index contributed by atoms with van der Waals surface area (Å²) < 4.78 is 17.1. The normalized spacial score (nSPS) is 15.7. The zero-order valence-electron chi connectivity index (χ0n) is 18.5. The van der Waals surface area contributed by atoms with E-state index in [9.17, 15) is 4.79 Å². The van der Waals surface area contributed by atoms with Crippen molar-refractivity contribution in [2.24, 2.45) is 0 Å². The Hall–Kier alpha value is -3.14. The summed E-state index contributed by atoms with van der Waals surface area (Å²) in [6.07, 6.45) is 1.71. The zero-order chi connectivity index (χ0) is 22.6. The molecule has 0 atom stereocenters. The van der Waals surface area contributed by atoms with Crippen molar-refractivity contribution in [1.82, 2.24) is 15.2 Å². The zero-order valence-corrected chi connectivity index (χ0v) is 19.3. The van der Waals surface area contributed by atoms with Crippen LogP contribution in [-0.4, -0.2) is 62.3 Å². The molecule has 0 aliphatic carbocycles. The minimum Gasteiger partial charge on any atom is -0.493 e. The molecule has 0 spiro atoms. The fraction of sp³-hybridized carbons (Fsp3) is 0.333. The molecule has 0 unspecified atom stereocenters. The third-order valence-corrected chi connectivity index (χ3v) is 6.86. The molecule has 1 fully saturated rings. The minimum atomic E-state index is -0.0564. The number of carbonyl (C=O) groups is 1. The lowest BCUT2D eigenvalue weighted by Crippen LogP contribution is -2.41. The lowest BCUT2D eigenvalue weighted by atomic mass is 10.1. The first kappa shape index (κ1) is 21.7. The molecule has 0 radical (unpaired) electrons. The number of thiophene rings is 1. The fourth-order valence-corrected chi connectivity index (χ4v) is 4.95. The topological polar surface area (TPSA) is 76.2 Å². The van der Waals surface area contributed by atoms with Gasteiger partial charge in [0, 0.05) is 37.9 Å². The maximum Gasteiger partial charge on any atom is 0.261 e. The van der Waals surface area contributed by atoms with Gasteiger partial charge in [0.05, 0.1) is 36.7 Å². The molecule has 172 valence electrons. The number of nitrogens with one attached hydrogen (secondary N) is 1. The van der Waals surface area contributed by atoms with E-state index in [4.69, 9.17) is 14.2 Å². The quantitative estimate of drug-likeness (QED) is 0.594. The number of hydrogen-bond donors (Lipinski definition) is 1. The van der Waals surface area contributed by atoms with E-state index in [1.807, 2.05) is 42.5 Å². The molecule has 2 aromatic heterocycles. The number of para-hydroxylation sites is 1. The van der Waals surface area contributed by atoms with E-state index < -0.39 is 0 Å². The van der Waals surface area contributed by atoms with Crippen molar-refractivity contribution < 1.29 is 19.0 Å². The van der Waals surface area contributed by atoms with E-state index in [0.717, 1.165) is 49.1 Å². The van der Waals surface area contributed by atoms with Crippen molar-refractivity contribution in [1.29, 1.82) is 0 Å². The number of benzene rings is 1. The standard InChI is InChI=1S/C24H26N4O4S/c1-30-19-6-2-4-17-16-28(18-5-3-9-26-24(18)32-22(17)19)21-8-7-20(33-21)23(29)25-10-11-27-12-14-31-15-13-27/h2-9H,10-16H2,1H3,(H,25,29). The Labute approximate surface area is 196 Å². The molecular formula is C24H26N4O4S. The fourth-order valence-electron chi connectivity index (χ4n) is 4.01. The second-order valence-corrected chi connectivity index (χ2v) is 8.87. The largest absolute Gasteiger partial charge is 0.493 e. The summed E-state index contributed by atoms with van der Waals surface area (Å²) in [5, 5.41) is 3.99. The molecule has 0 bridgehead atoms. The number of carbonyl (C=O) groups excluding carboxylic acids is 1. The number of anilines is 2. The van der Waals surface area contributed by atoms with Crippen molar-refractivity contribution in [3.8, 4) is 17.4 Å². The summed E-state index contributed by atoms with van der Waals surface area (Å²) >= 11 is 1.46. The highest BCUT2D eigenvalue weighted by atomic mass is 32.1. The summed E-state index contributed by atoms with van der Waals surface area (Å²) in [7, 11) is 1.63. The summed E-state index contributed by atoms with van der Waals surface area (Å²) in [5.41, 5.74) is 1.83. The van der Waals surface area contributed by atoms with Gasteiger partial charge >= 0.3 is 0 Å². The van der Waals surface area contributed by atoms with Crippen LogP contribution in [0.5, 0.6) is 17.4 Å². The van der Waals surface area contributed by atoms with Gasteiger partial charge in [-0.25, -0.2) is 4.98 Å². The highest BCUT2D eigenvalue weighted by Crippen LogP contribution is 2.45. The molecule has 1 amide bonds. The second kappa shape index (κ2) is 9.78. The van der Waals surface area contributed by atoms with Crippen LogP contribution >= 0.6 is 11.3 Å². The third kappa shape index (κ3) is 4.66. The average molecular weight is 467 g/mol. The molecule has 2 aliphatic rings. The van der Waals surface area contributed by atoms with Crippen LogP contribution in [0.15, 0.2) is 48.7 Å². The summed E-state index contributed by atoms with van der Waals surface area (Å²) in [6.45, 7) is 5.35. The SMILES string of the molecule is COc1cccc2c1Oc1ncccc1N(c1ccc(C(=O)NCCN3CCOCC3)s1)C2. The van der Waals surface area contributed by atoms with Gasteiger partial charge in [0.1, 0.15) is 5.69 Å². The smallest absolute Gasteiger partial charge is 0.261 e. The van der Waals surface area contributed by atoms with E-state index >= 15 is 0 Å². The highest BCUT2D eigenvalue weighted by molar-refractivity contribution is 7.18. The van der Waals surface area contributed by atoms with Gasteiger partial charge in [0.15, 0.2) is 11.5 Å². The number of morpholine rings is 1. The Balaban J connectivity index is 1.35. The van der Waals surface area contributed by atoms with Gasteiger partial charge < -0.3 is 24.4 Å². The predicted molar refractivity (Wildman–Crippen MR) is 127 cm³/mol. The number of hydrogen-bond acceptors (Lipinski definition) is 8. The van der Waals surface area contributed by atoms with Crippen LogP contribution in [0.25, 0.3) is 0 Å². The third-order valence-electron chi connectivity index (χ3n) is 5.75. The second-order valence-electron chi connectivity index (χ2n) is 7.81. The van der Waals surface area contributed by atoms with Gasteiger partial charge in [-0.3, -0.25) is 9.69 Å². The molecule has 1 N–H and O–H groups in total. The Morgan fingerprint density at radius 2 is 2.06 bits per heavy atom. The average Bonchev–Trinajstić information content (AvgIpc) is 3.28. The highest BCUT2D eigenvalue weighted by Gasteiger charge is 2.26. The van der Waals surface area contributed by atoms with E-state index in [2.05, 4.69) is 20.1 Å². The van der Waals surface area contributed by atoms with Crippen LogP contribution in [0.3, 0.4) is 0 Å². The van der Waals surface area contributed by atoms with Gasteiger partial charge in [-0.15, -0.1) is 11.3 Å². The Kier molecular flexibility index (Phi) is 6.43. The number of aromatic nitrogens is 1. The molecule has 8 nitrogen and oxygen atoms in total. The van der Waals surface area contributed by atoms with Gasteiger partial charge in [-0.05, 0) is 30.3 Å². The molecule has 5 rings (SSSR count). The number of rotatable bonds is 6. The molecule has 1 saturated heterocycles. The van der Waals surface area contributed by atoms with Crippen LogP contribution in [0.2, 0.25) is 0 Å². The van der Waals surface area contributed by atoms with Crippen molar-refractivity contribution in [2.75, 3.05) is 51.4 Å². The van der Waals surface area contributed by atoms with Crippen molar-refractivity contribution in [3.05, 3.63) is 59.1 Å². The van der Waals surface area contributed by atoms with Crippen molar-refractivity contribution in [3.63, 3.8) is 0 Å². The molecule has 3 aromatic rings. The summed E-state index contributed by atoms with van der Waals surface area (Å²) in [5.74, 6) is 1.78. The molecule has 1 aromatic carbocycles. The molecule has 33 heavy (non-hydrogen) atoms. The number of nitrogens with zero attached hydrogens (tertiary/aromatic N) is 3. The first-order valence-corrected chi connectivity index (χ1v) is 11.8. The van der Waals surface area contributed by atoms with Crippen LogP contribution < -0.4 is 19.7 Å². The maximum atomic E-state index is 12.8. The first-order chi connectivity index (χ1) is 16.2. The van der Waals surface area contributed by atoms with Gasteiger partial charge in [-0.2, -0.15) is 0 Å². The molecule has 9 heteroatoms. The Morgan fingerprint density at radius 3 is 2.91 bits per heavy atom. The molecule has 0 saturated carbocycles. The Morgan fingerprint density at radius 1 is 1.18 bits per heavy atom. The van der Waals surface area contributed by atoms with Gasteiger partial charge in [0.2, 0.25) is 5.88 Å². The minimum absolute atomic E-state index is 0.0564. The molecule has 4 heterocycles. The number of fused-ring (bicyclic) bond motifs is 2. The Bertz CT molecular complexity index is 1130. The molecule has 2 aliphatic heterocycles. The monoisotopic (exact) mass is 466 g/mol. The van der Waals surface area contributed by atoms with Crippen molar-refractivity contribution >= 4 is 27.9 Å². The van der Waals surface area contributed by atoms with Gasteiger partial charge in [0.25, 0.3) is 5.91 Å². The maximum absolute atomic E-state index is 12.8. The van der Waals surface area contributed by atoms with Gasteiger partial charge in [-0.1, -0.05) is 12.1 Å². The van der Waals surface area contributed by atoms with Crippen LogP contribution in [0.1, 0.15) is 15.2 Å². The van der Waals surface area contributed by atoms with E-state index in [1.165, 1.54) is 11.3 Å². The number of ether oxygens (including phenoxy) is 3. The first-order valence-electron chi connectivity index (χ1n) is 11.0. The predicted octanol–water partition coefficient (Wildman–Crippen LogP) is 3.66. The van der Waals surface area contributed by atoms with Crippen LogP contribution in [0, 0.1) is 0 Å².